The molecule has 0 aliphatic carbocycles. The van der Waals surface area contributed by atoms with Crippen molar-refractivity contribution >= 4 is 11.9 Å². The Hall–Kier alpha value is -2.13. The van der Waals surface area contributed by atoms with E-state index in [9.17, 15) is 9.18 Å². The molecule has 5 heteroatoms. The van der Waals surface area contributed by atoms with E-state index in [1.165, 1.54) is 25.1 Å². The third-order valence-electron chi connectivity index (χ3n) is 2.15. The molecule has 1 aromatic carbocycles. The van der Waals surface area contributed by atoms with Gasteiger partial charge in [0.15, 0.2) is 5.78 Å². The number of halogens is 1. The summed E-state index contributed by atoms with van der Waals surface area (Å²) in [6, 6.07) is 4.03. The second-order valence-corrected chi connectivity index (χ2v) is 3.43. The van der Waals surface area contributed by atoms with Gasteiger partial charge in [-0.15, -0.1) is 0 Å². The first kappa shape index (κ1) is 12.9. The van der Waals surface area contributed by atoms with Crippen LogP contribution in [0.5, 0.6) is 0 Å². The van der Waals surface area contributed by atoms with Crippen molar-refractivity contribution in [1.29, 1.82) is 0 Å². The molecule has 0 radical (unpaired) electrons. The molecule has 88 valence electrons. The molecule has 0 aliphatic heterocycles. The summed E-state index contributed by atoms with van der Waals surface area (Å²) < 4.78 is 13.0. The van der Waals surface area contributed by atoms with Crippen molar-refractivity contribution in [2.24, 2.45) is 5.11 Å². The van der Waals surface area contributed by atoms with Crippen LogP contribution in [0.15, 0.2) is 29.4 Å². The summed E-state index contributed by atoms with van der Waals surface area (Å²) in [5.41, 5.74) is 9.09. The van der Waals surface area contributed by atoms with E-state index in [0.29, 0.717) is 24.1 Å². The van der Waals surface area contributed by atoms with Crippen molar-refractivity contribution in [3.8, 4) is 0 Å². The zero-order valence-electron chi connectivity index (χ0n) is 9.43. The monoisotopic (exact) mass is 233 g/mol. The van der Waals surface area contributed by atoms with E-state index < -0.39 is 0 Å². The van der Waals surface area contributed by atoms with Crippen molar-refractivity contribution in [2.45, 2.75) is 13.3 Å². The minimum absolute atomic E-state index is 0.111. The number of carbonyl (C=O) groups is 1. The van der Waals surface area contributed by atoms with E-state index in [4.69, 9.17) is 5.53 Å². The minimum Gasteiger partial charge on any atom is -0.294 e. The first-order valence-electron chi connectivity index (χ1n) is 5.13. The fourth-order valence-electron chi connectivity index (χ4n) is 1.38. The van der Waals surface area contributed by atoms with E-state index in [2.05, 4.69) is 10.0 Å². The maximum atomic E-state index is 13.0. The maximum Gasteiger partial charge on any atom is 0.160 e. The van der Waals surface area contributed by atoms with Gasteiger partial charge in [-0.25, -0.2) is 4.39 Å². The number of carbonyl (C=O) groups excluding carboxylic acids is 1. The molecule has 0 heterocycles. The fourth-order valence-corrected chi connectivity index (χ4v) is 1.38. The summed E-state index contributed by atoms with van der Waals surface area (Å²) in [6.45, 7) is 1.78. The number of hydrogen-bond acceptors (Lipinski definition) is 2. The average molecular weight is 233 g/mol. The Morgan fingerprint density at radius 2 is 2.35 bits per heavy atom. The van der Waals surface area contributed by atoms with Crippen LogP contribution in [0.1, 0.15) is 29.3 Å². The largest absolute Gasteiger partial charge is 0.294 e. The number of nitrogens with zero attached hydrogens (tertiary/aromatic N) is 3. The molecule has 0 saturated heterocycles. The third-order valence-corrected chi connectivity index (χ3v) is 2.15. The van der Waals surface area contributed by atoms with Gasteiger partial charge in [0.1, 0.15) is 5.82 Å². The molecule has 0 spiro atoms. The number of hydrogen-bond donors (Lipinski definition) is 0. The summed E-state index contributed by atoms with van der Waals surface area (Å²) in [4.78, 5) is 13.9. The highest BCUT2D eigenvalue weighted by atomic mass is 19.1. The van der Waals surface area contributed by atoms with Crippen LogP contribution < -0.4 is 0 Å². The number of ketones is 1. The van der Waals surface area contributed by atoms with Crippen molar-refractivity contribution in [2.75, 3.05) is 6.54 Å². The molecule has 4 nitrogen and oxygen atoms in total. The smallest absolute Gasteiger partial charge is 0.160 e. The van der Waals surface area contributed by atoms with Gasteiger partial charge in [-0.2, -0.15) is 0 Å². The van der Waals surface area contributed by atoms with Crippen LogP contribution in [0.25, 0.3) is 16.5 Å². The molecular formula is C12H12FN3O. The zero-order chi connectivity index (χ0) is 12.7. The van der Waals surface area contributed by atoms with Gasteiger partial charge in [0.05, 0.1) is 0 Å². The Kier molecular flexibility index (Phi) is 4.91. The van der Waals surface area contributed by atoms with Gasteiger partial charge in [0.25, 0.3) is 0 Å². The predicted molar refractivity (Wildman–Crippen MR) is 64.1 cm³/mol. The van der Waals surface area contributed by atoms with Gasteiger partial charge in [0, 0.05) is 17.0 Å². The predicted octanol–water partition coefficient (Wildman–Crippen LogP) is 3.74. The second-order valence-electron chi connectivity index (χ2n) is 3.43. The lowest BCUT2D eigenvalue weighted by atomic mass is 10.0. The Morgan fingerprint density at radius 3 is 3.00 bits per heavy atom. The first-order valence-corrected chi connectivity index (χ1v) is 5.13. The lowest BCUT2D eigenvalue weighted by Crippen LogP contribution is -1.96. The van der Waals surface area contributed by atoms with Crippen molar-refractivity contribution in [3.63, 3.8) is 0 Å². The first-order chi connectivity index (χ1) is 8.15. The van der Waals surface area contributed by atoms with Gasteiger partial charge in [-0.3, -0.25) is 4.79 Å². The van der Waals surface area contributed by atoms with Gasteiger partial charge in [0.2, 0.25) is 0 Å². The average Bonchev–Trinajstić information content (AvgIpc) is 2.28. The van der Waals surface area contributed by atoms with Crippen molar-refractivity contribution < 1.29 is 9.18 Å². The molecule has 0 unspecified atom stereocenters. The summed E-state index contributed by atoms with van der Waals surface area (Å²) >= 11 is 0. The molecule has 0 aromatic heterocycles. The van der Waals surface area contributed by atoms with Crippen LogP contribution in [-0.2, 0) is 0 Å². The van der Waals surface area contributed by atoms with Crippen LogP contribution in [0.3, 0.4) is 0 Å². The van der Waals surface area contributed by atoms with E-state index in [1.807, 2.05) is 0 Å². The molecular weight excluding hydrogens is 221 g/mol. The number of Topliss-reactive ketones (excluding diaryl/α,β-unsaturated/α-hetero) is 1. The molecule has 0 amide bonds. The zero-order valence-corrected chi connectivity index (χ0v) is 9.43. The van der Waals surface area contributed by atoms with E-state index in [0.717, 1.165) is 0 Å². The van der Waals surface area contributed by atoms with Gasteiger partial charge in [-0.05, 0) is 42.6 Å². The Morgan fingerprint density at radius 1 is 1.59 bits per heavy atom. The quantitative estimate of drug-likeness (QED) is 0.251. The summed E-state index contributed by atoms with van der Waals surface area (Å²) in [7, 11) is 0. The Balaban J connectivity index is 2.84. The van der Waals surface area contributed by atoms with Gasteiger partial charge >= 0.3 is 0 Å². The maximum absolute atomic E-state index is 13.0. The second kappa shape index (κ2) is 6.45. The molecule has 0 N–H and O–H groups in total. The molecule has 0 aliphatic rings. The summed E-state index contributed by atoms with van der Waals surface area (Å²) in [6.07, 6.45) is 3.96. The normalized spacial score (nSPS) is 10.2. The third kappa shape index (κ3) is 4.09. The highest BCUT2D eigenvalue weighted by Gasteiger charge is 2.05. The summed E-state index contributed by atoms with van der Waals surface area (Å²) in [5.74, 6) is -0.496. The molecule has 0 bridgehead atoms. The standard InChI is InChI=1S/C12H12FN3O/c1-9(17)12-6-5-11(13)8-10(12)4-2-3-7-15-16-14/h2,4-6,8H,3,7H2,1H3. The Labute approximate surface area is 98.4 Å². The number of benzene rings is 1. The SMILES string of the molecule is CC(=O)c1ccc(F)cc1C=CCCN=[N+]=[N-]. The van der Waals surface area contributed by atoms with Crippen LogP contribution in [0.4, 0.5) is 4.39 Å². The van der Waals surface area contributed by atoms with Crippen LogP contribution in [0.2, 0.25) is 0 Å². The molecule has 0 atom stereocenters. The molecule has 1 rings (SSSR count). The molecule has 1 aromatic rings. The van der Waals surface area contributed by atoms with Crippen LogP contribution >= 0.6 is 0 Å². The molecule has 0 fully saturated rings. The lowest BCUT2D eigenvalue weighted by molar-refractivity contribution is 0.101. The highest BCUT2D eigenvalue weighted by molar-refractivity contribution is 5.97. The van der Waals surface area contributed by atoms with Crippen molar-refractivity contribution in [3.05, 3.63) is 51.7 Å². The number of azide groups is 1. The lowest BCUT2D eigenvalue weighted by Gasteiger charge is -2.01. The highest BCUT2D eigenvalue weighted by Crippen LogP contribution is 2.14. The molecule has 0 saturated carbocycles. The van der Waals surface area contributed by atoms with E-state index in [1.54, 1.807) is 12.2 Å². The van der Waals surface area contributed by atoms with E-state index >= 15 is 0 Å². The van der Waals surface area contributed by atoms with E-state index in [-0.39, 0.29) is 11.6 Å². The van der Waals surface area contributed by atoms with Gasteiger partial charge < -0.3 is 0 Å². The molecule has 17 heavy (non-hydrogen) atoms. The topological polar surface area (TPSA) is 65.8 Å². The Bertz CT molecular complexity index is 491. The minimum atomic E-state index is -0.385. The summed E-state index contributed by atoms with van der Waals surface area (Å²) in [5, 5.41) is 3.37. The van der Waals surface area contributed by atoms with Crippen LogP contribution in [0, 0.1) is 5.82 Å². The fraction of sp³-hybridized carbons (Fsp3) is 0.250. The van der Waals surface area contributed by atoms with Gasteiger partial charge in [-0.1, -0.05) is 17.3 Å². The van der Waals surface area contributed by atoms with Crippen LogP contribution in [-0.4, -0.2) is 12.3 Å². The van der Waals surface area contributed by atoms with Crippen molar-refractivity contribution in [1.82, 2.24) is 0 Å². The number of rotatable bonds is 5.